The molecule has 1 aliphatic heterocycles. The van der Waals surface area contributed by atoms with E-state index in [1.807, 2.05) is 11.8 Å². The third-order valence-electron chi connectivity index (χ3n) is 3.63. The van der Waals surface area contributed by atoms with Gasteiger partial charge >= 0.3 is 0 Å². The predicted octanol–water partition coefficient (Wildman–Crippen LogP) is 5.17. The van der Waals surface area contributed by atoms with Gasteiger partial charge in [0.25, 0.3) is 0 Å². The number of hydrogen-bond acceptors (Lipinski definition) is 3. The average Bonchev–Trinajstić information content (AvgIpc) is 2.94. The van der Waals surface area contributed by atoms with Crippen molar-refractivity contribution in [2.45, 2.75) is 43.9 Å². The van der Waals surface area contributed by atoms with Gasteiger partial charge in [0.05, 0.1) is 21.8 Å². The lowest BCUT2D eigenvalue weighted by atomic mass is 10.1. The Labute approximate surface area is 124 Å². The average molecular weight is 284 g/mol. The van der Waals surface area contributed by atoms with E-state index in [0.29, 0.717) is 0 Å². The van der Waals surface area contributed by atoms with Gasteiger partial charge in [-0.3, -0.25) is 9.98 Å². The van der Waals surface area contributed by atoms with Crippen LogP contribution in [-0.2, 0) is 6.42 Å². The molecule has 1 aromatic heterocycles. The highest BCUT2D eigenvalue weighted by Gasteiger charge is 2.19. The van der Waals surface area contributed by atoms with Gasteiger partial charge in [-0.25, -0.2) is 0 Å². The molecule has 0 saturated carbocycles. The Kier molecular flexibility index (Phi) is 4.36. The molecule has 0 spiro atoms. The molecule has 0 N–H and O–H groups in total. The molecule has 0 fully saturated rings. The van der Waals surface area contributed by atoms with Gasteiger partial charge in [0.2, 0.25) is 0 Å². The van der Waals surface area contributed by atoms with Crippen LogP contribution in [0.15, 0.2) is 34.2 Å². The maximum absolute atomic E-state index is 4.79. The zero-order valence-electron chi connectivity index (χ0n) is 11.9. The van der Waals surface area contributed by atoms with Crippen molar-refractivity contribution in [1.29, 1.82) is 0 Å². The molecule has 2 aromatic rings. The monoisotopic (exact) mass is 284 g/mol. The summed E-state index contributed by atoms with van der Waals surface area (Å²) < 4.78 is 0. The smallest absolute Gasteiger partial charge is 0.0873 e. The molecular weight excluding hydrogens is 264 g/mol. The summed E-state index contributed by atoms with van der Waals surface area (Å²) in [5, 5.41) is 1.19. The topological polar surface area (TPSA) is 25.2 Å². The summed E-state index contributed by atoms with van der Waals surface area (Å²) in [6.07, 6.45) is 8.02. The highest BCUT2D eigenvalue weighted by Crippen LogP contribution is 2.42. The molecule has 1 aliphatic rings. The van der Waals surface area contributed by atoms with Gasteiger partial charge in [0.15, 0.2) is 0 Å². The van der Waals surface area contributed by atoms with Gasteiger partial charge in [0, 0.05) is 23.8 Å². The maximum atomic E-state index is 4.79. The highest BCUT2D eigenvalue weighted by molar-refractivity contribution is 7.99. The molecule has 3 rings (SSSR count). The molecule has 1 aromatic carbocycles. The van der Waals surface area contributed by atoms with Crippen LogP contribution in [0.4, 0.5) is 5.69 Å². The van der Waals surface area contributed by atoms with E-state index in [4.69, 9.17) is 9.98 Å². The van der Waals surface area contributed by atoms with Gasteiger partial charge in [-0.2, -0.15) is 0 Å². The summed E-state index contributed by atoms with van der Waals surface area (Å²) >= 11 is 1.90. The van der Waals surface area contributed by atoms with Crippen molar-refractivity contribution in [2.75, 3.05) is 5.75 Å². The molecule has 0 aliphatic carbocycles. The van der Waals surface area contributed by atoms with E-state index < -0.39 is 0 Å². The molecule has 0 atom stereocenters. The number of unbranched alkanes of at least 4 members (excludes halogenated alkanes) is 3. The Morgan fingerprint density at radius 2 is 2.20 bits per heavy atom. The molecule has 20 heavy (non-hydrogen) atoms. The minimum Gasteiger partial charge on any atom is -0.259 e. The fraction of sp³-hybridized carbons (Fsp3) is 0.412. The summed E-state index contributed by atoms with van der Waals surface area (Å²) in [6, 6.07) is 8.36. The van der Waals surface area contributed by atoms with Gasteiger partial charge in [-0.05, 0) is 18.9 Å². The van der Waals surface area contributed by atoms with Crippen LogP contribution in [0.2, 0.25) is 0 Å². The van der Waals surface area contributed by atoms with E-state index in [1.165, 1.54) is 35.2 Å². The lowest BCUT2D eigenvalue weighted by Gasteiger charge is -2.07. The second-order valence-corrected chi connectivity index (χ2v) is 6.26. The van der Waals surface area contributed by atoms with Crippen LogP contribution in [0.25, 0.3) is 10.9 Å². The molecule has 0 saturated heterocycles. The van der Waals surface area contributed by atoms with Crippen LogP contribution in [-0.4, -0.2) is 17.0 Å². The highest BCUT2D eigenvalue weighted by atomic mass is 32.2. The number of aromatic nitrogens is 1. The molecule has 0 amide bonds. The van der Waals surface area contributed by atoms with Crippen molar-refractivity contribution in [3.05, 3.63) is 30.0 Å². The van der Waals surface area contributed by atoms with Crippen molar-refractivity contribution in [2.24, 2.45) is 4.99 Å². The van der Waals surface area contributed by atoms with E-state index in [2.05, 4.69) is 37.4 Å². The van der Waals surface area contributed by atoms with E-state index in [1.54, 1.807) is 0 Å². The van der Waals surface area contributed by atoms with E-state index in [0.717, 1.165) is 29.8 Å². The standard InChI is InChI=1S/C17H20N2S/c1-2-3-4-7-11-18-16-13-8-5-6-9-14(13)19-15-10-12-20-17(15)16/h5-6,8-9,11H,2-4,7,10,12H2,1H3/b18-11-. The summed E-state index contributed by atoms with van der Waals surface area (Å²) in [5.41, 5.74) is 3.45. The molecule has 2 nitrogen and oxygen atoms in total. The second kappa shape index (κ2) is 6.40. The van der Waals surface area contributed by atoms with E-state index >= 15 is 0 Å². The third kappa shape index (κ3) is 2.73. The molecule has 0 bridgehead atoms. The van der Waals surface area contributed by atoms with Crippen molar-refractivity contribution in [3.8, 4) is 0 Å². The quantitative estimate of drug-likeness (QED) is 0.559. The first-order valence-corrected chi connectivity index (χ1v) is 8.45. The summed E-state index contributed by atoms with van der Waals surface area (Å²) in [4.78, 5) is 10.9. The van der Waals surface area contributed by atoms with Crippen molar-refractivity contribution in [1.82, 2.24) is 4.98 Å². The fourth-order valence-corrected chi connectivity index (χ4v) is 3.68. The Morgan fingerprint density at radius 3 is 3.10 bits per heavy atom. The van der Waals surface area contributed by atoms with Crippen molar-refractivity contribution < 1.29 is 0 Å². The largest absolute Gasteiger partial charge is 0.259 e. The minimum absolute atomic E-state index is 1.07. The molecule has 0 radical (unpaired) electrons. The first-order chi connectivity index (χ1) is 9.90. The minimum atomic E-state index is 1.07. The molecule has 3 heteroatoms. The Morgan fingerprint density at radius 1 is 1.30 bits per heavy atom. The Balaban J connectivity index is 1.95. The van der Waals surface area contributed by atoms with Crippen LogP contribution >= 0.6 is 11.8 Å². The number of thioether (sulfide) groups is 1. The third-order valence-corrected chi connectivity index (χ3v) is 4.76. The first kappa shape index (κ1) is 13.6. The Hall–Kier alpha value is -1.35. The van der Waals surface area contributed by atoms with Crippen LogP contribution in [0, 0.1) is 0 Å². The van der Waals surface area contributed by atoms with Crippen LogP contribution < -0.4 is 0 Å². The fourth-order valence-electron chi connectivity index (χ4n) is 2.57. The maximum Gasteiger partial charge on any atom is 0.0873 e. The van der Waals surface area contributed by atoms with Crippen LogP contribution in [0.5, 0.6) is 0 Å². The normalized spacial score (nSPS) is 14.2. The number of hydrogen-bond donors (Lipinski definition) is 0. The van der Waals surface area contributed by atoms with Gasteiger partial charge in [0.1, 0.15) is 0 Å². The number of pyridine rings is 1. The van der Waals surface area contributed by atoms with Gasteiger partial charge in [-0.1, -0.05) is 38.0 Å². The summed E-state index contributed by atoms with van der Waals surface area (Å²) in [6.45, 7) is 2.23. The lowest BCUT2D eigenvalue weighted by molar-refractivity contribution is 0.746. The lowest BCUT2D eigenvalue weighted by Crippen LogP contribution is -1.90. The summed E-state index contributed by atoms with van der Waals surface area (Å²) in [5.74, 6) is 1.14. The number of para-hydroxylation sites is 1. The van der Waals surface area contributed by atoms with Crippen molar-refractivity contribution >= 4 is 34.6 Å². The Bertz CT molecular complexity index is 634. The SMILES string of the molecule is CCCCC/C=N\c1c2c(nc3ccccc13)CCS2. The molecule has 104 valence electrons. The zero-order chi connectivity index (χ0) is 13.8. The van der Waals surface area contributed by atoms with Gasteiger partial charge < -0.3 is 0 Å². The summed E-state index contributed by atoms with van der Waals surface area (Å²) in [7, 11) is 0. The zero-order valence-corrected chi connectivity index (χ0v) is 12.7. The van der Waals surface area contributed by atoms with E-state index in [-0.39, 0.29) is 0 Å². The molecule has 2 heterocycles. The first-order valence-electron chi connectivity index (χ1n) is 7.47. The molecular formula is C17H20N2S. The number of aliphatic imine (C=N–C) groups is 1. The molecule has 0 unspecified atom stereocenters. The van der Waals surface area contributed by atoms with Crippen LogP contribution in [0.3, 0.4) is 0 Å². The number of benzene rings is 1. The van der Waals surface area contributed by atoms with Crippen LogP contribution in [0.1, 0.15) is 38.3 Å². The van der Waals surface area contributed by atoms with E-state index in [9.17, 15) is 0 Å². The number of nitrogens with zero attached hydrogens (tertiary/aromatic N) is 2. The number of aryl methyl sites for hydroxylation is 1. The predicted molar refractivity (Wildman–Crippen MR) is 88.5 cm³/mol. The number of fused-ring (bicyclic) bond motifs is 2. The number of rotatable bonds is 5. The second-order valence-electron chi connectivity index (χ2n) is 5.16. The van der Waals surface area contributed by atoms with Crippen molar-refractivity contribution in [3.63, 3.8) is 0 Å². The van der Waals surface area contributed by atoms with Gasteiger partial charge in [-0.15, -0.1) is 11.8 Å².